The van der Waals surface area contributed by atoms with Gasteiger partial charge in [-0.3, -0.25) is 19.3 Å². The maximum Gasteiger partial charge on any atom is 0.202 e. The van der Waals surface area contributed by atoms with Crippen LogP contribution >= 0.6 is 0 Å². The van der Waals surface area contributed by atoms with E-state index < -0.39 is 77.4 Å². The summed E-state index contributed by atoms with van der Waals surface area (Å²) in [5.41, 5.74) is -3.26. The van der Waals surface area contributed by atoms with Crippen molar-refractivity contribution in [2.24, 2.45) is 0 Å². The van der Waals surface area contributed by atoms with Crippen LogP contribution in [0.1, 0.15) is 81.7 Å². The number of benzene rings is 2. The average Bonchev–Trinajstić information content (AvgIpc) is 3.58. The molecule has 7 atom stereocenters. The number of Topliss-reactive ketones (excluding diaryl/α,β-unsaturated/α-hetero) is 1. The first-order valence-corrected chi connectivity index (χ1v) is 14.5. The molecule has 5 aliphatic rings. The number of phenolic OH excluding ortho intramolecular Hbond substituents is 2. The third kappa shape index (κ3) is 4.08. The molecule has 3 fully saturated rings. The van der Waals surface area contributed by atoms with Crippen LogP contribution in [0.3, 0.4) is 0 Å². The van der Waals surface area contributed by atoms with E-state index in [1.807, 2.05) is 6.92 Å². The minimum Gasteiger partial charge on any atom is -0.507 e. The Kier molecular flexibility index (Phi) is 6.65. The van der Waals surface area contributed by atoms with Crippen LogP contribution in [0.15, 0.2) is 18.2 Å². The van der Waals surface area contributed by atoms with E-state index in [-0.39, 0.29) is 52.5 Å². The molecule has 1 unspecified atom stereocenters. The van der Waals surface area contributed by atoms with E-state index in [1.165, 1.54) is 25.3 Å². The second kappa shape index (κ2) is 10.1. The minimum absolute atomic E-state index is 0.0124. The Morgan fingerprint density at radius 1 is 1.12 bits per heavy atom. The lowest BCUT2D eigenvalue weighted by molar-refractivity contribution is -0.244. The van der Waals surface area contributed by atoms with E-state index in [1.54, 1.807) is 0 Å². The van der Waals surface area contributed by atoms with Crippen LogP contribution in [-0.2, 0) is 25.4 Å². The molecule has 7 rings (SSSR count). The summed E-state index contributed by atoms with van der Waals surface area (Å²) in [6.07, 6.45) is -1.20. The van der Waals surface area contributed by atoms with Crippen molar-refractivity contribution in [1.82, 2.24) is 4.90 Å². The molecule has 3 heterocycles. The van der Waals surface area contributed by atoms with Gasteiger partial charge in [0.15, 0.2) is 17.9 Å². The number of ketones is 3. The predicted molar refractivity (Wildman–Crippen MR) is 146 cm³/mol. The van der Waals surface area contributed by atoms with Gasteiger partial charge in [-0.15, -0.1) is 0 Å². The van der Waals surface area contributed by atoms with Gasteiger partial charge in [0.1, 0.15) is 35.7 Å². The summed E-state index contributed by atoms with van der Waals surface area (Å²) < 4.78 is 24.2. The van der Waals surface area contributed by atoms with Crippen LogP contribution in [0.2, 0.25) is 0 Å². The van der Waals surface area contributed by atoms with E-state index in [4.69, 9.17) is 18.9 Å². The van der Waals surface area contributed by atoms with Gasteiger partial charge in [-0.1, -0.05) is 12.1 Å². The molecule has 2 aromatic rings. The van der Waals surface area contributed by atoms with Crippen molar-refractivity contribution in [3.8, 4) is 17.2 Å². The van der Waals surface area contributed by atoms with E-state index >= 15 is 0 Å². The van der Waals surface area contributed by atoms with E-state index in [2.05, 4.69) is 4.90 Å². The fraction of sp³-hybridized carbons (Fsp3) is 0.516. The summed E-state index contributed by atoms with van der Waals surface area (Å²) >= 11 is 0. The molecule has 0 aromatic heterocycles. The number of aliphatic hydroxyl groups is 2. The van der Waals surface area contributed by atoms with Gasteiger partial charge in [0.25, 0.3) is 0 Å². The number of carbonyl (C=O) groups is 3. The molecular formula is C31H33NO11. The minimum atomic E-state index is -2.19. The highest BCUT2D eigenvalue weighted by molar-refractivity contribution is 6.31. The number of hydrogen-bond donors (Lipinski definition) is 4. The Labute approximate surface area is 246 Å². The summed E-state index contributed by atoms with van der Waals surface area (Å²) in [7, 11) is 1.35. The lowest BCUT2D eigenvalue weighted by atomic mass is 9.72. The Balaban J connectivity index is 1.31. The number of methoxy groups -OCH3 is 1. The van der Waals surface area contributed by atoms with Crippen LogP contribution in [0.4, 0.5) is 0 Å². The summed E-state index contributed by atoms with van der Waals surface area (Å²) in [4.78, 5) is 42.5. The topological polar surface area (TPSA) is 172 Å². The number of rotatable bonds is 5. The molecule has 0 bridgehead atoms. The number of aromatic hydroxyl groups is 2. The van der Waals surface area contributed by atoms with E-state index in [0.717, 1.165) is 19.4 Å². The quantitative estimate of drug-likeness (QED) is 0.314. The highest BCUT2D eigenvalue weighted by Gasteiger charge is 2.53. The molecule has 0 radical (unpaired) electrons. The van der Waals surface area contributed by atoms with Crippen molar-refractivity contribution in [3.05, 3.63) is 51.6 Å². The molecule has 3 aliphatic heterocycles. The molecule has 12 heteroatoms. The first-order valence-electron chi connectivity index (χ1n) is 14.5. The molecule has 2 aliphatic carbocycles. The second-order valence-corrected chi connectivity index (χ2v) is 12.0. The first-order chi connectivity index (χ1) is 20.6. The average molecular weight is 596 g/mol. The van der Waals surface area contributed by atoms with Crippen molar-refractivity contribution < 1.29 is 53.8 Å². The van der Waals surface area contributed by atoms with Crippen molar-refractivity contribution in [2.75, 3.05) is 20.3 Å². The maximum atomic E-state index is 13.8. The lowest BCUT2D eigenvalue weighted by Crippen LogP contribution is -2.52. The molecule has 228 valence electrons. The van der Waals surface area contributed by atoms with E-state index in [9.17, 15) is 34.8 Å². The SMILES string of the molecule is COc1cccc2c1C(=O)c1c(O)c3c(c(O)c1C2=O)C[C@@](O)(C(=O)CO)C[C@@H]3O[C@H]1C[C@@H]2OC3CCCN3[C@@H]2[C@H](C)O1. The maximum absolute atomic E-state index is 13.8. The highest BCUT2D eigenvalue weighted by atomic mass is 16.7. The largest absolute Gasteiger partial charge is 0.507 e. The van der Waals surface area contributed by atoms with Crippen molar-refractivity contribution in [1.29, 1.82) is 0 Å². The standard InChI is InChI=1S/C31H33NO11/c1-13-26-17(42-20-7-4-8-32(20)26)9-21(41-13)43-18-11-31(39,19(34)12-33)10-15-23(18)30(38)25-24(28(15)36)27(35)14-5-3-6-16(40-2)22(14)29(25)37/h3,5-6,13,17-18,20-21,26,33,36,38-39H,4,7-12H2,1-2H3/t13-,17-,18-,20?,21-,26+,31-/m0/s1. The van der Waals surface area contributed by atoms with Crippen LogP contribution < -0.4 is 4.74 Å². The molecule has 4 N–H and O–H groups in total. The Bertz CT molecular complexity index is 1550. The molecule has 0 amide bonds. The van der Waals surface area contributed by atoms with Gasteiger partial charge in [0.2, 0.25) is 5.78 Å². The number of fused-ring (bicyclic) bond motifs is 6. The highest BCUT2D eigenvalue weighted by Crippen LogP contribution is 2.53. The number of carbonyl (C=O) groups excluding carboxylic acids is 3. The molecular weight excluding hydrogens is 562 g/mol. The zero-order chi connectivity index (χ0) is 30.4. The summed E-state index contributed by atoms with van der Waals surface area (Å²) in [6, 6.07) is 4.50. The van der Waals surface area contributed by atoms with Gasteiger partial charge in [0, 0.05) is 42.5 Å². The third-order valence-corrected chi connectivity index (χ3v) is 9.66. The van der Waals surface area contributed by atoms with Crippen molar-refractivity contribution in [2.45, 2.75) is 81.5 Å². The van der Waals surface area contributed by atoms with Crippen LogP contribution in [0.5, 0.6) is 17.2 Å². The smallest absolute Gasteiger partial charge is 0.202 e. The van der Waals surface area contributed by atoms with Gasteiger partial charge in [0.05, 0.1) is 48.2 Å². The van der Waals surface area contributed by atoms with Gasteiger partial charge < -0.3 is 39.4 Å². The molecule has 43 heavy (non-hydrogen) atoms. The van der Waals surface area contributed by atoms with E-state index in [0.29, 0.717) is 6.42 Å². The number of hydrogen-bond acceptors (Lipinski definition) is 12. The van der Waals surface area contributed by atoms with Crippen LogP contribution in [-0.4, -0.2) is 99.3 Å². The first kappa shape index (κ1) is 28.4. The summed E-state index contributed by atoms with van der Waals surface area (Å²) in [5, 5.41) is 44.3. The molecule has 12 nitrogen and oxygen atoms in total. The Morgan fingerprint density at radius 2 is 1.88 bits per heavy atom. The number of nitrogens with zero attached hydrogens (tertiary/aromatic N) is 1. The van der Waals surface area contributed by atoms with Gasteiger partial charge in [-0.25, -0.2) is 0 Å². The zero-order valence-corrected chi connectivity index (χ0v) is 23.7. The Hall–Kier alpha value is -3.39. The normalized spacial score (nSPS) is 32.9. The van der Waals surface area contributed by atoms with Gasteiger partial charge in [-0.05, 0) is 25.8 Å². The fourth-order valence-corrected chi connectivity index (χ4v) is 7.74. The van der Waals surface area contributed by atoms with Crippen molar-refractivity contribution >= 4 is 17.3 Å². The fourth-order valence-electron chi connectivity index (χ4n) is 7.74. The predicted octanol–water partition coefficient (Wildman–Crippen LogP) is 1.50. The third-order valence-electron chi connectivity index (χ3n) is 9.66. The Morgan fingerprint density at radius 3 is 2.63 bits per heavy atom. The monoisotopic (exact) mass is 595 g/mol. The summed E-state index contributed by atoms with van der Waals surface area (Å²) in [5.74, 6) is -3.49. The second-order valence-electron chi connectivity index (χ2n) is 12.0. The molecule has 0 spiro atoms. The lowest BCUT2D eigenvalue weighted by Gasteiger charge is -2.43. The zero-order valence-electron chi connectivity index (χ0n) is 23.7. The number of aliphatic hydroxyl groups excluding tert-OH is 1. The molecule has 3 saturated heterocycles. The van der Waals surface area contributed by atoms with Gasteiger partial charge in [-0.2, -0.15) is 0 Å². The molecule has 0 saturated carbocycles. The molecule has 2 aromatic carbocycles. The number of phenols is 2. The van der Waals surface area contributed by atoms with Gasteiger partial charge >= 0.3 is 0 Å². The summed E-state index contributed by atoms with van der Waals surface area (Å²) in [6.45, 7) is 1.86. The van der Waals surface area contributed by atoms with Crippen molar-refractivity contribution in [3.63, 3.8) is 0 Å². The van der Waals surface area contributed by atoms with Crippen LogP contribution in [0, 0.1) is 0 Å². The number of ether oxygens (including phenoxy) is 4. The van der Waals surface area contributed by atoms with Crippen LogP contribution in [0.25, 0.3) is 0 Å².